The van der Waals surface area contributed by atoms with Crippen LogP contribution in [0.5, 0.6) is 0 Å². The summed E-state index contributed by atoms with van der Waals surface area (Å²) in [7, 11) is 1.49. The van der Waals surface area contributed by atoms with Crippen molar-refractivity contribution in [1.29, 1.82) is 0 Å². The molecule has 1 N–H and O–H groups in total. The molecule has 2 aliphatic rings. The maximum absolute atomic E-state index is 13.3. The lowest BCUT2D eigenvalue weighted by Crippen LogP contribution is -2.52. The number of benzene rings is 1. The smallest absolute Gasteiger partial charge is 0.309 e. The van der Waals surface area contributed by atoms with E-state index in [-0.39, 0.29) is 11.0 Å². The fourth-order valence-electron chi connectivity index (χ4n) is 3.87. The van der Waals surface area contributed by atoms with Crippen molar-refractivity contribution in [1.82, 2.24) is 10.3 Å². The summed E-state index contributed by atoms with van der Waals surface area (Å²) in [4.78, 5) is 21.3. The molecule has 2 aromatic rings. The lowest BCUT2D eigenvalue weighted by atomic mass is 9.70. The minimum absolute atomic E-state index is 0.264. The number of nitrogens with zero attached hydrogens (tertiary/aromatic N) is 2. The molecule has 4 rings (SSSR count). The molecule has 0 radical (unpaired) electrons. The molecule has 1 aliphatic heterocycles. The van der Waals surface area contributed by atoms with Crippen LogP contribution in [0.2, 0.25) is 5.15 Å². The second-order valence-electron chi connectivity index (χ2n) is 6.32. The minimum Gasteiger partial charge on any atom is -0.309 e. The molecule has 1 aromatic carbocycles. The minimum atomic E-state index is -4.51. The highest BCUT2D eigenvalue weighted by Gasteiger charge is 2.52. The van der Waals surface area contributed by atoms with Gasteiger partial charge in [-0.2, -0.15) is 13.2 Å². The molecule has 2 heterocycles. The van der Waals surface area contributed by atoms with Crippen LogP contribution in [0.25, 0.3) is 0 Å². The molecule has 0 saturated heterocycles. The van der Waals surface area contributed by atoms with E-state index >= 15 is 0 Å². The van der Waals surface area contributed by atoms with Crippen molar-refractivity contribution in [3.63, 3.8) is 0 Å². The van der Waals surface area contributed by atoms with Crippen molar-refractivity contribution in [3.05, 3.63) is 63.4 Å². The molecule has 4 nitrogen and oxygen atoms in total. The number of pyridine rings is 1. The number of aliphatic imine (C=N–C) groups is 1. The highest BCUT2D eigenvalue weighted by Crippen LogP contribution is 2.48. The third kappa shape index (κ3) is 2.26. The first kappa shape index (κ1) is 17.0. The van der Waals surface area contributed by atoms with Crippen LogP contribution in [-0.4, -0.2) is 23.8 Å². The lowest BCUT2D eigenvalue weighted by Gasteiger charge is -2.36. The summed E-state index contributed by atoms with van der Waals surface area (Å²) in [6, 6.07) is 6.66. The van der Waals surface area contributed by atoms with E-state index in [0.29, 0.717) is 35.2 Å². The number of aromatic nitrogens is 1. The van der Waals surface area contributed by atoms with Crippen LogP contribution >= 0.6 is 11.6 Å². The molecule has 0 unspecified atom stereocenters. The topological polar surface area (TPSA) is 54.4 Å². The zero-order valence-corrected chi connectivity index (χ0v) is 14.4. The third-order valence-corrected chi connectivity index (χ3v) is 5.25. The van der Waals surface area contributed by atoms with Gasteiger partial charge in [-0.1, -0.05) is 23.7 Å². The largest absolute Gasteiger partial charge is 0.416 e. The summed E-state index contributed by atoms with van der Waals surface area (Å²) in [6.07, 6.45) is -3.72. The van der Waals surface area contributed by atoms with Crippen LogP contribution in [-0.2, 0) is 22.8 Å². The molecule has 1 aliphatic carbocycles. The molecule has 1 amide bonds. The molecule has 26 heavy (non-hydrogen) atoms. The van der Waals surface area contributed by atoms with Gasteiger partial charge in [-0.25, -0.2) is 4.98 Å². The zero-order valence-electron chi connectivity index (χ0n) is 13.6. The van der Waals surface area contributed by atoms with Crippen molar-refractivity contribution >= 4 is 23.3 Å². The van der Waals surface area contributed by atoms with E-state index in [1.165, 1.54) is 13.1 Å². The van der Waals surface area contributed by atoms with Crippen LogP contribution in [0.1, 0.15) is 34.4 Å². The number of hydrogen-bond acceptors (Lipinski definition) is 3. The van der Waals surface area contributed by atoms with E-state index in [4.69, 9.17) is 11.6 Å². The molecule has 1 atom stereocenters. The molecule has 0 saturated carbocycles. The van der Waals surface area contributed by atoms with Gasteiger partial charge in [0.25, 0.3) is 0 Å². The number of aryl methyl sites for hydroxylation is 1. The predicted octanol–water partition coefficient (Wildman–Crippen LogP) is 3.49. The van der Waals surface area contributed by atoms with Crippen molar-refractivity contribution in [2.75, 3.05) is 7.05 Å². The van der Waals surface area contributed by atoms with Gasteiger partial charge in [0.1, 0.15) is 16.4 Å². The lowest BCUT2D eigenvalue weighted by molar-refractivity contribution is -0.138. The predicted molar refractivity (Wildman–Crippen MR) is 90.4 cm³/mol. The summed E-state index contributed by atoms with van der Waals surface area (Å²) in [5, 5.41) is 3.03. The number of carbonyl (C=O) groups is 1. The molecule has 0 bridgehead atoms. The van der Waals surface area contributed by atoms with Crippen molar-refractivity contribution in [2.24, 2.45) is 4.99 Å². The van der Waals surface area contributed by atoms with Gasteiger partial charge in [-0.3, -0.25) is 9.79 Å². The standard InChI is InChI=1S/C18H13ClF3N3O/c1-23-15-10-3-2-9(18(20,21)22)8-12(10)17(16(26)25-15)7-6-13-11(17)4-5-14(19)24-13/h2-5,8H,6-7H2,1H3,(H,23,25,26)/t17-/m1/s1. The molecule has 0 fully saturated rings. The summed E-state index contributed by atoms with van der Waals surface area (Å²) in [5.41, 5.74) is -0.000772. The maximum Gasteiger partial charge on any atom is 0.416 e. The number of hydrogen-bond donors (Lipinski definition) is 1. The van der Waals surface area contributed by atoms with E-state index in [0.717, 1.165) is 12.1 Å². The summed E-state index contributed by atoms with van der Waals surface area (Å²) >= 11 is 5.94. The number of nitrogens with one attached hydrogen (secondary N) is 1. The Morgan fingerprint density at radius 3 is 2.69 bits per heavy atom. The van der Waals surface area contributed by atoms with E-state index in [2.05, 4.69) is 15.3 Å². The maximum atomic E-state index is 13.3. The van der Waals surface area contributed by atoms with Crippen molar-refractivity contribution in [2.45, 2.75) is 24.4 Å². The van der Waals surface area contributed by atoms with Gasteiger partial charge in [0.2, 0.25) is 5.91 Å². The Hall–Kier alpha value is -2.41. The summed E-state index contributed by atoms with van der Waals surface area (Å²) < 4.78 is 39.9. The number of amidine groups is 1. The van der Waals surface area contributed by atoms with E-state index in [9.17, 15) is 18.0 Å². The first-order valence-electron chi connectivity index (χ1n) is 7.93. The van der Waals surface area contributed by atoms with E-state index < -0.39 is 23.1 Å². The molecular formula is C18H13ClF3N3O. The van der Waals surface area contributed by atoms with Gasteiger partial charge in [0.05, 0.1) is 5.56 Å². The second-order valence-corrected chi connectivity index (χ2v) is 6.71. The third-order valence-electron chi connectivity index (χ3n) is 5.04. The monoisotopic (exact) mass is 379 g/mol. The SMILES string of the molecule is CN=C1NC(=O)[C@@]2(CCc3nc(Cl)ccc32)c2cc(C(F)(F)F)ccc21. The van der Waals surface area contributed by atoms with E-state index in [1.54, 1.807) is 12.1 Å². The molecular weight excluding hydrogens is 367 g/mol. The van der Waals surface area contributed by atoms with Crippen LogP contribution in [0.3, 0.4) is 0 Å². The zero-order chi connectivity index (χ0) is 18.7. The van der Waals surface area contributed by atoms with Crippen LogP contribution in [0.4, 0.5) is 13.2 Å². The number of halogens is 4. The Morgan fingerprint density at radius 1 is 1.23 bits per heavy atom. The Balaban J connectivity index is 2.03. The average molecular weight is 380 g/mol. The second kappa shape index (κ2) is 5.54. The molecule has 134 valence electrons. The van der Waals surface area contributed by atoms with Crippen molar-refractivity contribution < 1.29 is 18.0 Å². The van der Waals surface area contributed by atoms with Gasteiger partial charge in [-0.05, 0) is 42.2 Å². The summed E-state index contributed by atoms with van der Waals surface area (Å²) in [5.74, 6) is -0.132. The molecule has 1 aromatic heterocycles. The van der Waals surface area contributed by atoms with Gasteiger partial charge in [0.15, 0.2) is 0 Å². The Kier molecular flexibility index (Phi) is 3.63. The number of rotatable bonds is 0. The Labute approximate surface area is 152 Å². The first-order chi connectivity index (χ1) is 12.3. The summed E-state index contributed by atoms with van der Waals surface area (Å²) in [6.45, 7) is 0. The number of carbonyl (C=O) groups excluding carboxylic acids is 1. The normalized spacial score (nSPS) is 23.1. The van der Waals surface area contributed by atoms with Gasteiger partial charge in [0, 0.05) is 18.3 Å². The van der Waals surface area contributed by atoms with Gasteiger partial charge in [-0.15, -0.1) is 0 Å². The quantitative estimate of drug-likeness (QED) is 0.712. The van der Waals surface area contributed by atoms with Crippen molar-refractivity contribution in [3.8, 4) is 0 Å². The highest BCUT2D eigenvalue weighted by atomic mass is 35.5. The fraction of sp³-hybridized carbons (Fsp3) is 0.278. The average Bonchev–Trinajstić information content (AvgIpc) is 2.96. The Bertz CT molecular complexity index is 971. The van der Waals surface area contributed by atoms with Crippen LogP contribution in [0.15, 0.2) is 35.3 Å². The molecule has 8 heteroatoms. The molecule has 1 spiro atoms. The number of fused-ring (bicyclic) bond motifs is 4. The van der Waals surface area contributed by atoms with Crippen LogP contribution < -0.4 is 5.32 Å². The fourth-order valence-corrected chi connectivity index (χ4v) is 4.04. The first-order valence-corrected chi connectivity index (χ1v) is 8.31. The van der Waals surface area contributed by atoms with E-state index in [1.807, 2.05) is 0 Å². The van der Waals surface area contributed by atoms with Crippen LogP contribution in [0, 0.1) is 0 Å². The number of amides is 1. The Morgan fingerprint density at radius 2 is 2.00 bits per heavy atom. The van der Waals surface area contributed by atoms with Gasteiger partial charge < -0.3 is 5.32 Å². The van der Waals surface area contributed by atoms with Gasteiger partial charge >= 0.3 is 6.18 Å². The number of alkyl halides is 3. The highest BCUT2D eigenvalue weighted by molar-refractivity contribution is 6.29.